The molecule has 2 heterocycles. The summed E-state index contributed by atoms with van der Waals surface area (Å²) in [6.45, 7) is 2.47. The van der Waals surface area contributed by atoms with Crippen LogP contribution in [0.4, 0.5) is 11.6 Å². The van der Waals surface area contributed by atoms with Gasteiger partial charge in [-0.2, -0.15) is 0 Å². The molecule has 0 saturated heterocycles. The highest BCUT2D eigenvalue weighted by Crippen LogP contribution is 2.07. The summed E-state index contributed by atoms with van der Waals surface area (Å²) in [4.78, 5) is 16.7. The lowest BCUT2D eigenvalue weighted by molar-refractivity contribution is 0.948. The molecule has 0 aromatic carbocycles. The van der Waals surface area contributed by atoms with Gasteiger partial charge in [-0.05, 0) is 13.0 Å². The van der Waals surface area contributed by atoms with Crippen molar-refractivity contribution in [2.45, 2.75) is 13.5 Å². The average molecular weight is 230 g/mol. The van der Waals surface area contributed by atoms with Gasteiger partial charge >= 0.3 is 0 Å². The van der Waals surface area contributed by atoms with Crippen LogP contribution in [0.15, 0.2) is 24.7 Å². The van der Waals surface area contributed by atoms with E-state index in [-0.39, 0.29) is 0 Å². The molecule has 0 spiro atoms. The maximum Gasteiger partial charge on any atom is 0.147 e. The number of anilines is 2. The summed E-state index contributed by atoms with van der Waals surface area (Å²) < 4.78 is 0. The standard InChI is InChI=1S/C11H14N6/c1-8-14-4-3-9(16-8)5-15-11-7-13-6-10(12-2)17-11/h3-4,6-7H,5H2,1-2H3,(H2,12,15,17). The van der Waals surface area contributed by atoms with Crippen LogP contribution in [0.5, 0.6) is 0 Å². The predicted octanol–water partition coefficient (Wildman–Crippen LogP) is 1.23. The number of aromatic nitrogens is 4. The van der Waals surface area contributed by atoms with Crippen molar-refractivity contribution in [2.75, 3.05) is 17.7 Å². The van der Waals surface area contributed by atoms with Crippen LogP contribution < -0.4 is 10.6 Å². The Morgan fingerprint density at radius 1 is 1.18 bits per heavy atom. The van der Waals surface area contributed by atoms with Crippen LogP contribution >= 0.6 is 0 Å². The summed E-state index contributed by atoms with van der Waals surface area (Å²) >= 11 is 0. The lowest BCUT2D eigenvalue weighted by Crippen LogP contribution is -2.06. The third-order valence-electron chi connectivity index (χ3n) is 2.18. The van der Waals surface area contributed by atoms with Crippen molar-refractivity contribution in [3.8, 4) is 0 Å². The van der Waals surface area contributed by atoms with Crippen molar-refractivity contribution in [2.24, 2.45) is 0 Å². The van der Waals surface area contributed by atoms with Crippen molar-refractivity contribution < 1.29 is 0 Å². The number of hydrogen-bond acceptors (Lipinski definition) is 6. The number of hydrogen-bond donors (Lipinski definition) is 2. The fourth-order valence-corrected chi connectivity index (χ4v) is 1.36. The molecule has 0 atom stereocenters. The molecule has 88 valence electrons. The van der Waals surface area contributed by atoms with Crippen molar-refractivity contribution in [1.29, 1.82) is 0 Å². The molecular formula is C11H14N6. The lowest BCUT2D eigenvalue weighted by Gasteiger charge is -2.06. The second-order valence-corrected chi connectivity index (χ2v) is 3.49. The van der Waals surface area contributed by atoms with Crippen molar-refractivity contribution in [3.05, 3.63) is 36.2 Å². The molecule has 0 unspecified atom stereocenters. The first-order valence-corrected chi connectivity index (χ1v) is 5.30. The Bertz CT molecular complexity index is 499. The summed E-state index contributed by atoms with van der Waals surface area (Å²) in [5.41, 5.74) is 0.925. The molecule has 6 nitrogen and oxygen atoms in total. The Kier molecular flexibility index (Phi) is 3.44. The summed E-state index contributed by atoms with van der Waals surface area (Å²) in [6.07, 6.45) is 5.09. The minimum absolute atomic E-state index is 0.602. The van der Waals surface area contributed by atoms with Crippen LogP contribution in [0, 0.1) is 6.92 Å². The van der Waals surface area contributed by atoms with Crippen LogP contribution in [-0.4, -0.2) is 27.0 Å². The molecule has 0 aliphatic heterocycles. The fraction of sp³-hybridized carbons (Fsp3) is 0.273. The first kappa shape index (κ1) is 11.3. The Hall–Kier alpha value is -2.24. The van der Waals surface area contributed by atoms with E-state index in [0.29, 0.717) is 12.4 Å². The van der Waals surface area contributed by atoms with E-state index in [2.05, 4.69) is 30.6 Å². The Morgan fingerprint density at radius 3 is 2.76 bits per heavy atom. The number of nitrogens with one attached hydrogen (secondary N) is 2. The molecule has 6 heteroatoms. The van der Waals surface area contributed by atoms with Gasteiger partial charge in [0.25, 0.3) is 0 Å². The predicted molar refractivity (Wildman–Crippen MR) is 65.7 cm³/mol. The van der Waals surface area contributed by atoms with Crippen molar-refractivity contribution >= 4 is 11.6 Å². The van der Waals surface area contributed by atoms with Gasteiger partial charge in [0, 0.05) is 13.2 Å². The molecule has 0 radical (unpaired) electrons. The van der Waals surface area contributed by atoms with Gasteiger partial charge in [0.05, 0.1) is 24.6 Å². The first-order valence-electron chi connectivity index (χ1n) is 5.30. The topological polar surface area (TPSA) is 75.6 Å². The smallest absolute Gasteiger partial charge is 0.147 e. The van der Waals surface area contributed by atoms with Gasteiger partial charge in [-0.1, -0.05) is 0 Å². The van der Waals surface area contributed by atoms with Gasteiger partial charge in [-0.25, -0.2) is 15.0 Å². The van der Waals surface area contributed by atoms with E-state index in [4.69, 9.17) is 0 Å². The quantitative estimate of drug-likeness (QED) is 0.822. The molecule has 17 heavy (non-hydrogen) atoms. The normalized spacial score (nSPS) is 10.0. The zero-order chi connectivity index (χ0) is 12.1. The molecular weight excluding hydrogens is 216 g/mol. The number of aryl methyl sites for hydroxylation is 1. The third-order valence-corrected chi connectivity index (χ3v) is 2.18. The van der Waals surface area contributed by atoms with Gasteiger partial charge in [0.2, 0.25) is 0 Å². The van der Waals surface area contributed by atoms with Gasteiger partial charge in [0.1, 0.15) is 17.5 Å². The van der Waals surface area contributed by atoms with Crippen LogP contribution in [0.1, 0.15) is 11.5 Å². The monoisotopic (exact) mass is 230 g/mol. The minimum Gasteiger partial charge on any atom is -0.372 e. The molecule has 2 aromatic rings. The molecule has 0 aliphatic carbocycles. The average Bonchev–Trinajstić information content (AvgIpc) is 2.37. The maximum absolute atomic E-state index is 4.30. The van der Waals surface area contributed by atoms with E-state index in [0.717, 1.165) is 17.3 Å². The summed E-state index contributed by atoms with van der Waals surface area (Å²) in [5.74, 6) is 2.21. The van der Waals surface area contributed by atoms with E-state index in [1.807, 2.05) is 20.0 Å². The zero-order valence-corrected chi connectivity index (χ0v) is 9.81. The molecule has 0 aliphatic rings. The number of rotatable bonds is 4. The van der Waals surface area contributed by atoms with Crippen LogP contribution in [-0.2, 0) is 6.54 Å². The van der Waals surface area contributed by atoms with E-state index < -0.39 is 0 Å². The second kappa shape index (κ2) is 5.20. The van der Waals surface area contributed by atoms with Crippen LogP contribution in [0.25, 0.3) is 0 Å². The largest absolute Gasteiger partial charge is 0.372 e. The molecule has 2 rings (SSSR count). The Balaban J connectivity index is 2.02. The van der Waals surface area contributed by atoms with Crippen LogP contribution in [0.2, 0.25) is 0 Å². The fourth-order valence-electron chi connectivity index (χ4n) is 1.36. The third kappa shape index (κ3) is 3.10. The highest BCUT2D eigenvalue weighted by Gasteiger charge is 1.99. The van der Waals surface area contributed by atoms with E-state index in [1.54, 1.807) is 18.6 Å². The lowest BCUT2D eigenvalue weighted by atomic mass is 10.4. The maximum atomic E-state index is 4.30. The zero-order valence-electron chi connectivity index (χ0n) is 9.81. The van der Waals surface area contributed by atoms with Crippen LogP contribution in [0.3, 0.4) is 0 Å². The van der Waals surface area contributed by atoms with Crippen molar-refractivity contribution in [1.82, 2.24) is 19.9 Å². The van der Waals surface area contributed by atoms with E-state index >= 15 is 0 Å². The molecule has 0 saturated carbocycles. The van der Waals surface area contributed by atoms with Crippen molar-refractivity contribution in [3.63, 3.8) is 0 Å². The van der Waals surface area contributed by atoms with E-state index in [9.17, 15) is 0 Å². The SMILES string of the molecule is CNc1cncc(NCc2ccnc(C)n2)n1. The van der Waals surface area contributed by atoms with Gasteiger partial charge in [-0.3, -0.25) is 4.98 Å². The molecule has 0 bridgehead atoms. The molecule has 2 N–H and O–H groups in total. The highest BCUT2D eigenvalue weighted by atomic mass is 15.1. The summed E-state index contributed by atoms with van der Waals surface area (Å²) in [6, 6.07) is 1.87. The number of nitrogens with zero attached hydrogens (tertiary/aromatic N) is 4. The Labute approximate surface area is 99.6 Å². The summed E-state index contributed by atoms with van der Waals surface area (Å²) in [5, 5.41) is 6.09. The molecule has 2 aromatic heterocycles. The second-order valence-electron chi connectivity index (χ2n) is 3.49. The minimum atomic E-state index is 0.602. The summed E-state index contributed by atoms with van der Waals surface area (Å²) in [7, 11) is 1.81. The van der Waals surface area contributed by atoms with E-state index in [1.165, 1.54) is 0 Å². The van der Waals surface area contributed by atoms with Gasteiger partial charge < -0.3 is 10.6 Å². The van der Waals surface area contributed by atoms with Gasteiger partial charge in [-0.15, -0.1) is 0 Å². The molecule has 0 fully saturated rings. The van der Waals surface area contributed by atoms with Gasteiger partial charge in [0.15, 0.2) is 0 Å². The first-order chi connectivity index (χ1) is 8.28. The molecule has 0 amide bonds. The highest BCUT2D eigenvalue weighted by molar-refractivity contribution is 5.41. The Morgan fingerprint density at radius 2 is 2.00 bits per heavy atom.